The van der Waals surface area contributed by atoms with Crippen LogP contribution in [0, 0.1) is 0 Å². The van der Waals surface area contributed by atoms with Gasteiger partial charge in [-0.05, 0) is 68.3 Å². The molecule has 1 saturated heterocycles. The fourth-order valence-corrected chi connectivity index (χ4v) is 6.69. The topological polar surface area (TPSA) is 130 Å². The van der Waals surface area contributed by atoms with E-state index in [2.05, 4.69) is 5.32 Å². The van der Waals surface area contributed by atoms with Gasteiger partial charge in [0.15, 0.2) is 0 Å². The molecule has 1 aliphatic carbocycles. The molecule has 2 fully saturated rings. The van der Waals surface area contributed by atoms with Crippen molar-refractivity contribution in [2.24, 2.45) is 0 Å². The molecule has 0 radical (unpaired) electrons. The molecule has 10 nitrogen and oxygen atoms in total. The molecule has 1 atom stereocenters. The molecule has 1 aliphatic heterocycles. The number of nitrogens with one attached hydrogen (secondary N) is 1. The second kappa shape index (κ2) is 10.8. The largest absolute Gasteiger partial charge is 0.462 e. The Labute approximate surface area is 215 Å². The zero-order valence-corrected chi connectivity index (χ0v) is 21.5. The number of hydrogen-bond donors (Lipinski definition) is 1. The molecule has 1 heterocycles. The van der Waals surface area contributed by atoms with Gasteiger partial charge in [0.2, 0.25) is 21.8 Å². The van der Waals surface area contributed by atoms with Crippen LogP contribution in [-0.4, -0.2) is 55.1 Å². The number of hydrogen-bond acceptors (Lipinski definition) is 7. The van der Waals surface area contributed by atoms with Gasteiger partial charge in [0.1, 0.15) is 6.04 Å². The summed E-state index contributed by atoms with van der Waals surface area (Å²) in [7, 11) is -4.14. The quantitative estimate of drug-likeness (QED) is 0.412. The van der Waals surface area contributed by atoms with Gasteiger partial charge < -0.3 is 10.1 Å². The second-order valence-corrected chi connectivity index (χ2v) is 10.9. The molecule has 0 bridgehead atoms. The van der Waals surface area contributed by atoms with Gasteiger partial charge in [-0.2, -0.15) is 4.31 Å². The zero-order chi connectivity index (χ0) is 26.7. The molecule has 2 aromatic carbocycles. The summed E-state index contributed by atoms with van der Waals surface area (Å²) in [6.07, 6.45) is 2.56. The summed E-state index contributed by atoms with van der Waals surface area (Å²) < 4.78 is 33.8. The minimum Gasteiger partial charge on any atom is -0.462 e. The summed E-state index contributed by atoms with van der Waals surface area (Å²) in [4.78, 5) is 50.8. The van der Waals surface area contributed by atoms with Crippen molar-refractivity contribution in [3.05, 3.63) is 54.1 Å². The maximum atomic E-state index is 13.8. The van der Waals surface area contributed by atoms with Gasteiger partial charge in [0.25, 0.3) is 5.91 Å². The van der Waals surface area contributed by atoms with Crippen LogP contribution in [0.15, 0.2) is 53.4 Å². The summed E-state index contributed by atoms with van der Waals surface area (Å²) >= 11 is 0. The minimum absolute atomic E-state index is 0.0222. The van der Waals surface area contributed by atoms with Crippen LogP contribution in [0.2, 0.25) is 0 Å². The fourth-order valence-electron chi connectivity index (χ4n) is 4.86. The highest BCUT2D eigenvalue weighted by molar-refractivity contribution is 7.89. The first kappa shape index (κ1) is 26.5. The highest BCUT2D eigenvalue weighted by Gasteiger charge is 2.49. The fraction of sp³-hybridized carbons (Fsp3) is 0.385. The van der Waals surface area contributed by atoms with Crippen LogP contribution in [0.1, 0.15) is 56.3 Å². The Kier molecular flexibility index (Phi) is 7.74. The number of sulfonamides is 1. The van der Waals surface area contributed by atoms with Crippen molar-refractivity contribution >= 4 is 45.1 Å². The third-order valence-electron chi connectivity index (χ3n) is 6.50. The maximum absolute atomic E-state index is 13.8. The van der Waals surface area contributed by atoms with Gasteiger partial charge in [-0.25, -0.2) is 18.1 Å². The van der Waals surface area contributed by atoms with Crippen molar-refractivity contribution in [3.8, 4) is 0 Å². The number of esters is 1. The van der Waals surface area contributed by atoms with Crippen molar-refractivity contribution in [3.63, 3.8) is 0 Å². The van der Waals surface area contributed by atoms with Gasteiger partial charge >= 0.3 is 5.97 Å². The molecular weight excluding hydrogens is 498 g/mol. The molecule has 1 N–H and O–H groups in total. The Morgan fingerprint density at radius 2 is 1.65 bits per heavy atom. The van der Waals surface area contributed by atoms with Crippen LogP contribution in [-0.2, 0) is 29.1 Å². The lowest BCUT2D eigenvalue weighted by molar-refractivity contribution is -0.122. The molecule has 3 amide bonds. The van der Waals surface area contributed by atoms with Crippen LogP contribution < -0.4 is 10.2 Å². The highest BCUT2D eigenvalue weighted by Crippen LogP contribution is 2.36. The standard InChI is InChI=1S/C26H29N3O7S/c1-3-36-26(33)18-8-12-20(13-9-18)28-24(31)16-23(25(28)32)29(21-6-4-5-7-21)37(34,35)22-14-10-19(11-15-22)27-17(2)30/h8-15,21,23H,3-7,16H2,1-2H3,(H,27,30). The number of rotatable bonds is 8. The predicted molar refractivity (Wildman–Crippen MR) is 135 cm³/mol. The number of ether oxygens (including phenoxy) is 1. The second-order valence-electron chi connectivity index (χ2n) is 9.03. The Morgan fingerprint density at radius 3 is 2.22 bits per heavy atom. The Balaban J connectivity index is 1.64. The first-order valence-electron chi connectivity index (χ1n) is 12.2. The van der Waals surface area contributed by atoms with E-state index in [0.29, 0.717) is 18.5 Å². The third kappa shape index (κ3) is 5.42. The lowest BCUT2D eigenvalue weighted by atomic mass is 10.1. The molecule has 4 rings (SSSR count). The monoisotopic (exact) mass is 527 g/mol. The van der Waals surface area contributed by atoms with E-state index >= 15 is 0 Å². The number of nitrogens with zero attached hydrogens (tertiary/aromatic N) is 2. The lowest BCUT2D eigenvalue weighted by Gasteiger charge is -2.32. The smallest absolute Gasteiger partial charge is 0.338 e. The number of amides is 3. The van der Waals surface area contributed by atoms with E-state index in [9.17, 15) is 27.6 Å². The van der Waals surface area contributed by atoms with Crippen LogP contribution in [0.3, 0.4) is 0 Å². The lowest BCUT2D eigenvalue weighted by Crippen LogP contribution is -2.49. The van der Waals surface area contributed by atoms with E-state index in [0.717, 1.165) is 17.7 Å². The van der Waals surface area contributed by atoms with Gasteiger partial charge in [0.05, 0.1) is 29.2 Å². The highest BCUT2D eigenvalue weighted by atomic mass is 32.2. The molecule has 1 unspecified atom stereocenters. The SMILES string of the molecule is CCOC(=O)c1ccc(N2C(=O)CC(N(C3CCCC3)S(=O)(=O)c3ccc(NC(C)=O)cc3)C2=O)cc1. The van der Waals surface area contributed by atoms with Crippen LogP contribution in [0.5, 0.6) is 0 Å². The normalized spacial score (nSPS) is 18.5. The van der Waals surface area contributed by atoms with Crippen molar-refractivity contribution in [1.82, 2.24) is 4.31 Å². The van der Waals surface area contributed by atoms with E-state index in [1.807, 2.05) is 0 Å². The molecule has 196 valence electrons. The molecule has 0 aromatic heterocycles. The summed E-state index contributed by atoms with van der Waals surface area (Å²) in [5, 5.41) is 2.60. The Bertz CT molecular complexity index is 1300. The molecule has 0 spiro atoms. The van der Waals surface area contributed by atoms with Crippen LogP contribution in [0.4, 0.5) is 11.4 Å². The summed E-state index contributed by atoms with van der Waals surface area (Å²) in [6, 6.07) is 10.0. The molecule has 1 saturated carbocycles. The Morgan fingerprint density at radius 1 is 1.03 bits per heavy atom. The number of benzene rings is 2. The summed E-state index contributed by atoms with van der Waals surface area (Å²) in [5.41, 5.74) is 0.983. The molecule has 11 heteroatoms. The number of carbonyl (C=O) groups excluding carboxylic acids is 4. The predicted octanol–water partition coefficient (Wildman–Crippen LogP) is 3.09. The van der Waals surface area contributed by atoms with E-state index in [4.69, 9.17) is 4.74 Å². The van der Waals surface area contributed by atoms with Gasteiger partial charge in [-0.1, -0.05) is 12.8 Å². The third-order valence-corrected chi connectivity index (χ3v) is 8.48. The average molecular weight is 528 g/mol. The average Bonchev–Trinajstić information content (AvgIpc) is 3.47. The van der Waals surface area contributed by atoms with Gasteiger partial charge in [-0.15, -0.1) is 0 Å². The zero-order valence-electron chi connectivity index (χ0n) is 20.7. The van der Waals surface area contributed by atoms with E-state index in [1.54, 1.807) is 6.92 Å². The van der Waals surface area contributed by atoms with Gasteiger partial charge in [0, 0.05) is 18.7 Å². The molecule has 2 aromatic rings. The first-order valence-corrected chi connectivity index (χ1v) is 13.6. The molecular formula is C26H29N3O7S. The maximum Gasteiger partial charge on any atom is 0.338 e. The number of imide groups is 1. The van der Waals surface area contributed by atoms with Crippen molar-refractivity contribution in [1.29, 1.82) is 0 Å². The summed E-state index contributed by atoms with van der Waals surface area (Å²) in [5.74, 6) is -1.94. The van der Waals surface area contributed by atoms with E-state index in [-0.39, 0.29) is 35.1 Å². The number of anilines is 2. The van der Waals surface area contributed by atoms with Crippen LogP contribution in [0.25, 0.3) is 0 Å². The van der Waals surface area contributed by atoms with E-state index < -0.39 is 39.9 Å². The van der Waals surface area contributed by atoms with Crippen molar-refractivity contribution in [2.45, 2.75) is 62.9 Å². The molecule has 2 aliphatic rings. The summed E-state index contributed by atoms with van der Waals surface area (Å²) in [6.45, 7) is 3.26. The minimum atomic E-state index is -4.14. The van der Waals surface area contributed by atoms with E-state index in [1.165, 1.54) is 59.8 Å². The van der Waals surface area contributed by atoms with Gasteiger partial charge in [-0.3, -0.25) is 14.4 Å². The van der Waals surface area contributed by atoms with Crippen molar-refractivity contribution in [2.75, 3.05) is 16.8 Å². The first-order chi connectivity index (χ1) is 17.6. The van der Waals surface area contributed by atoms with Crippen LogP contribution >= 0.6 is 0 Å². The Hall–Kier alpha value is -3.57. The molecule has 37 heavy (non-hydrogen) atoms. The number of carbonyl (C=O) groups is 4. The van der Waals surface area contributed by atoms with Crippen molar-refractivity contribution < 1.29 is 32.3 Å².